The number of carbonyl (C=O) groups is 5. The van der Waals surface area contributed by atoms with E-state index >= 15 is 0 Å². The number of esters is 1. The molecule has 0 radical (unpaired) electrons. The Labute approximate surface area is 199 Å². The molecule has 1 fully saturated rings. The van der Waals surface area contributed by atoms with Gasteiger partial charge in [0.15, 0.2) is 0 Å². The first-order chi connectivity index (χ1) is 16.2. The Morgan fingerprint density at radius 1 is 1.26 bits per heavy atom. The summed E-state index contributed by atoms with van der Waals surface area (Å²) in [7, 11) is 0. The smallest absolute Gasteiger partial charge is 0.325 e. The number of Topliss-reactive ketones (excluding diaryl/α,β-unsaturated/α-hetero) is 1. The van der Waals surface area contributed by atoms with Gasteiger partial charge in [-0.1, -0.05) is 26.5 Å². The molecule has 0 aromatic rings. The topological polar surface area (TPSA) is 170 Å². The van der Waals surface area contributed by atoms with Crippen molar-refractivity contribution in [3.63, 3.8) is 0 Å². The minimum atomic E-state index is -1.14. The third-order valence-electron chi connectivity index (χ3n) is 4.92. The van der Waals surface area contributed by atoms with E-state index in [1.807, 2.05) is 13.8 Å². The zero-order chi connectivity index (χ0) is 25.5. The van der Waals surface area contributed by atoms with E-state index in [0.717, 1.165) is 0 Å². The molecule has 0 saturated carbocycles. The Morgan fingerprint density at radius 2 is 2.00 bits per heavy atom. The Hall–Kier alpha value is -3.37. The van der Waals surface area contributed by atoms with Crippen molar-refractivity contribution in [1.82, 2.24) is 21.1 Å². The second-order valence-electron chi connectivity index (χ2n) is 8.25. The van der Waals surface area contributed by atoms with Gasteiger partial charge in [-0.2, -0.15) is 4.79 Å². The summed E-state index contributed by atoms with van der Waals surface area (Å²) in [5.41, 5.74) is 11.6. The van der Waals surface area contributed by atoms with Gasteiger partial charge in [0.2, 0.25) is 17.7 Å². The Bertz CT molecular complexity index is 808. The van der Waals surface area contributed by atoms with Gasteiger partial charge in [0.1, 0.15) is 12.6 Å². The molecule has 1 saturated heterocycles. The lowest BCUT2D eigenvalue weighted by Gasteiger charge is -2.35. The number of carbonyl (C=O) groups excluding carboxylic acids is 5. The van der Waals surface area contributed by atoms with E-state index in [-0.39, 0.29) is 50.1 Å². The standard InChI is InChI=1S/C22H34N6O6/c1-4-12-34-21(32)8-7-16(18(29)14-25-23)27-22(33)17-6-5-10-26-28(17)20(31)9-11-24-19(30)13-15(2)3/h4,14-17,26H,1,5-13H2,2-3H3,(H,24,30)(H,27,33)/t16-,17-/m0/s1. The third-order valence-corrected chi connectivity index (χ3v) is 4.92. The van der Waals surface area contributed by atoms with Crippen molar-refractivity contribution >= 4 is 35.7 Å². The van der Waals surface area contributed by atoms with Crippen LogP contribution in [0.3, 0.4) is 0 Å². The number of ketones is 1. The van der Waals surface area contributed by atoms with Crippen LogP contribution in [0.4, 0.5) is 0 Å². The van der Waals surface area contributed by atoms with Gasteiger partial charge in [-0.3, -0.25) is 29.0 Å². The second-order valence-corrected chi connectivity index (χ2v) is 8.25. The highest BCUT2D eigenvalue weighted by Crippen LogP contribution is 2.13. The van der Waals surface area contributed by atoms with E-state index in [4.69, 9.17) is 10.3 Å². The lowest BCUT2D eigenvalue weighted by atomic mass is 10.0. The van der Waals surface area contributed by atoms with Crippen molar-refractivity contribution in [3.8, 4) is 0 Å². The Morgan fingerprint density at radius 3 is 2.65 bits per heavy atom. The number of hydrogen-bond donors (Lipinski definition) is 3. The van der Waals surface area contributed by atoms with Crippen LogP contribution in [-0.2, 0) is 28.7 Å². The lowest BCUT2D eigenvalue weighted by molar-refractivity contribution is -0.147. The number of amides is 3. The maximum atomic E-state index is 12.9. The predicted molar refractivity (Wildman–Crippen MR) is 122 cm³/mol. The summed E-state index contributed by atoms with van der Waals surface area (Å²) in [5, 5.41) is 6.44. The first kappa shape index (κ1) is 28.7. The number of nitrogens with zero attached hydrogens (tertiary/aromatic N) is 3. The molecule has 0 aromatic heterocycles. The second kappa shape index (κ2) is 15.5. The number of rotatable bonds is 14. The Kier molecular flexibility index (Phi) is 13.0. The molecule has 0 aliphatic carbocycles. The fraction of sp³-hybridized carbons (Fsp3) is 0.636. The van der Waals surface area contributed by atoms with E-state index in [1.54, 1.807) is 0 Å². The SMILES string of the molecule is C=CCOC(=O)CC[C@H](NC(=O)[C@@H]1CCCNN1C(=O)CCNC(=O)CC(C)C)C(=O)C=[N+]=[N-]. The highest BCUT2D eigenvalue weighted by Gasteiger charge is 2.34. The lowest BCUT2D eigenvalue weighted by Crippen LogP contribution is -2.60. The van der Waals surface area contributed by atoms with Crippen LogP contribution in [0.5, 0.6) is 0 Å². The van der Waals surface area contributed by atoms with E-state index in [9.17, 15) is 24.0 Å². The molecule has 3 amide bonds. The normalized spacial score (nSPS) is 16.1. The molecule has 3 N–H and O–H groups in total. The molecular formula is C22H34N6O6. The zero-order valence-corrected chi connectivity index (χ0v) is 19.7. The van der Waals surface area contributed by atoms with Gasteiger partial charge in [0, 0.05) is 32.4 Å². The number of hydrogen-bond acceptors (Lipinski definition) is 7. The third kappa shape index (κ3) is 10.5. The zero-order valence-electron chi connectivity index (χ0n) is 19.7. The van der Waals surface area contributed by atoms with Gasteiger partial charge in [-0.05, 0) is 25.2 Å². The van der Waals surface area contributed by atoms with Crippen LogP contribution in [0.2, 0.25) is 0 Å². The summed E-state index contributed by atoms with van der Waals surface area (Å²) >= 11 is 0. The summed E-state index contributed by atoms with van der Waals surface area (Å²) in [6.45, 7) is 7.92. The van der Waals surface area contributed by atoms with Crippen LogP contribution in [0.15, 0.2) is 12.7 Å². The van der Waals surface area contributed by atoms with Gasteiger partial charge in [-0.15, -0.1) is 0 Å². The van der Waals surface area contributed by atoms with Crippen molar-refractivity contribution < 1.29 is 33.5 Å². The van der Waals surface area contributed by atoms with Gasteiger partial charge in [0.05, 0.1) is 6.04 Å². The molecule has 0 aromatic carbocycles. The maximum Gasteiger partial charge on any atom is 0.325 e. The molecular weight excluding hydrogens is 444 g/mol. The molecule has 34 heavy (non-hydrogen) atoms. The fourth-order valence-corrected chi connectivity index (χ4v) is 3.30. The Balaban J connectivity index is 2.76. The largest absolute Gasteiger partial charge is 0.461 e. The highest BCUT2D eigenvalue weighted by molar-refractivity contribution is 6.28. The van der Waals surface area contributed by atoms with Gasteiger partial charge >= 0.3 is 12.2 Å². The molecule has 0 bridgehead atoms. The monoisotopic (exact) mass is 478 g/mol. The molecule has 1 aliphatic heterocycles. The number of nitrogens with one attached hydrogen (secondary N) is 3. The quantitative estimate of drug-likeness (QED) is 0.103. The first-order valence-corrected chi connectivity index (χ1v) is 11.3. The average Bonchev–Trinajstić information content (AvgIpc) is 2.79. The summed E-state index contributed by atoms with van der Waals surface area (Å²) < 4.78 is 4.87. The first-order valence-electron chi connectivity index (χ1n) is 11.3. The minimum Gasteiger partial charge on any atom is -0.461 e. The molecule has 0 unspecified atom stereocenters. The fourth-order valence-electron chi connectivity index (χ4n) is 3.30. The molecule has 1 aliphatic rings. The van der Waals surface area contributed by atoms with Crippen LogP contribution in [0.1, 0.15) is 52.4 Å². The minimum absolute atomic E-state index is 0.00467. The van der Waals surface area contributed by atoms with Crippen LogP contribution in [0.25, 0.3) is 5.53 Å². The molecule has 1 heterocycles. The van der Waals surface area contributed by atoms with Crippen LogP contribution in [-0.4, -0.2) is 77.3 Å². The van der Waals surface area contributed by atoms with Crippen molar-refractivity contribution in [2.45, 2.75) is 64.5 Å². The van der Waals surface area contributed by atoms with Crippen molar-refractivity contribution in [1.29, 1.82) is 0 Å². The summed E-state index contributed by atoms with van der Waals surface area (Å²) in [6, 6.07) is -2.03. The average molecular weight is 479 g/mol. The predicted octanol–water partition coefficient (Wildman–Crippen LogP) is -0.102. The van der Waals surface area contributed by atoms with Crippen molar-refractivity contribution in [2.75, 3.05) is 19.7 Å². The molecule has 1 rings (SSSR count). The summed E-state index contributed by atoms with van der Waals surface area (Å²) in [5.74, 6) is -2.21. The van der Waals surface area contributed by atoms with Crippen molar-refractivity contribution in [2.24, 2.45) is 5.92 Å². The maximum absolute atomic E-state index is 12.9. The van der Waals surface area contributed by atoms with Gasteiger partial charge in [-0.25, -0.2) is 5.43 Å². The number of ether oxygens (including phenoxy) is 1. The van der Waals surface area contributed by atoms with Crippen LogP contribution < -0.4 is 16.1 Å². The van der Waals surface area contributed by atoms with Crippen LogP contribution >= 0.6 is 0 Å². The molecule has 12 heteroatoms. The highest BCUT2D eigenvalue weighted by atomic mass is 16.5. The molecule has 188 valence electrons. The van der Waals surface area contributed by atoms with E-state index < -0.39 is 29.7 Å². The molecule has 0 spiro atoms. The van der Waals surface area contributed by atoms with E-state index in [2.05, 4.69) is 27.4 Å². The van der Waals surface area contributed by atoms with Gasteiger partial charge < -0.3 is 20.9 Å². The van der Waals surface area contributed by atoms with Gasteiger partial charge in [0.25, 0.3) is 5.78 Å². The van der Waals surface area contributed by atoms with E-state index in [0.29, 0.717) is 32.0 Å². The number of hydrazine groups is 1. The van der Waals surface area contributed by atoms with E-state index in [1.165, 1.54) is 11.1 Å². The molecule has 12 nitrogen and oxygen atoms in total. The summed E-state index contributed by atoms with van der Waals surface area (Å²) in [4.78, 5) is 64.1. The van der Waals surface area contributed by atoms with Crippen LogP contribution in [0, 0.1) is 5.92 Å². The molecule has 2 atom stereocenters. The summed E-state index contributed by atoms with van der Waals surface area (Å²) in [6.07, 6.45) is 3.14. The van der Waals surface area contributed by atoms with Crippen molar-refractivity contribution in [3.05, 3.63) is 18.2 Å².